The summed E-state index contributed by atoms with van der Waals surface area (Å²) in [6.07, 6.45) is 4.37. The minimum atomic E-state index is -0.533. The first-order valence-electron chi connectivity index (χ1n) is 10.1. The molecular formula is C24H18ClF2N5OS2. The molecule has 0 spiro atoms. The number of rotatable bonds is 8. The van der Waals surface area contributed by atoms with Gasteiger partial charge in [0.25, 0.3) is 0 Å². The van der Waals surface area contributed by atoms with Gasteiger partial charge in [0.15, 0.2) is 5.75 Å². The standard InChI is InChI=1S/C24H18ClF2N5OS2/c1-29-19(5-6-28)16-8-20(14-3-2-4-15(26)7-14)30-11-22(16)33-21-10-18(27)23(9-17(21)25)35-32-24-12-34-13-31-24/h2-13,32H,28H2,1H3. The van der Waals surface area contributed by atoms with Crippen LogP contribution in [0, 0.1) is 11.6 Å². The molecule has 0 saturated heterocycles. The molecule has 11 heteroatoms. The van der Waals surface area contributed by atoms with Crippen molar-refractivity contribution in [3.63, 3.8) is 0 Å². The Balaban J connectivity index is 1.67. The Kier molecular flexibility index (Phi) is 7.96. The van der Waals surface area contributed by atoms with Crippen LogP contribution in [0.15, 0.2) is 81.7 Å². The second-order valence-corrected chi connectivity index (χ2v) is 8.91. The highest BCUT2D eigenvalue weighted by molar-refractivity contribution is 8.00. The molecule has 0 unspecified atom stereocenters. The van der Waals surface area contributed by atoms with Gasteiger partial charge >= 0.3 is 0 Å². The number of ether oxygens (including phenoxy) is 1. The van der Waals surface area contributed by atoms with E-state index in [1.165, 1.54) is 48.0 Å². The Bertz CT molecular complexity index is 1400. The molecule has 0 aliphatic rings. The lowest BCUT2D eigenvalue weighted by molar-refractivity contribution is 0.471. The van der Waals surface area contributed by atoms with Crippen LogP contribution >= 0.6 is 34.9 Å². The first kappa shape index (κ1) is 24.6. The summed E-state index contributed by atoms with van der Waals surface area (Å²) in [6, 6.07) is 10.4. The predicted molar refractivity (Wildman–Crippen MR) is 138 cm³/mol. The molecular weight excluding hydrogens is 512 g/mol. The SMILES string of the molecule is CN=C(C=CN)c1cc(-c2cccc(F)c2)ncc1Oc1cc(F)c(SNc2cscn2)cc1Cl. The van der Waals surface area contributed by atoms with Crippen molar-refractivity contribution in [1.82, 2.24) is 9.97 Å². The molecule has 2 aromatic carbocycles. The fourth-order valence-corrected chi connectivity index (χ4v) is 4.55. The summed E-state index contributed by atoms with van der Waals surface area (Å²) in [5.41, 5.74) is 9.33. The monoisotopic (exact) mass is 529 g/mol. The number of aliphatic imine (C=N–C) groups is 1. The van der Waals surface area contributed by atoms with Gasteiger partial charge in [-0.2, -0.15) is 0 Å². The van der Waals surface area contributed by atoms with Crippen LogP contribution in [0.1, 0.15) is 5.56 Å². The molecule has 4 aromatic rings. The number of pyridine rings is 1. The number of allylic oxidation sites excluding steroid dienone is 1. The largest absolute Gasteiger partial charge is 0.453 e. The van der Waals surface area contributed by atoms with Gasteiger partial charge in [-0.25, -0.2) is 13.8 Å². The van der Waals surface area contributed by atoms with E-state index in [1.54, 1.807) is 42.2 Å². The number of benzene rings is 2. The van der Waals surface area contributed by atoms with Crippen molar-refractivity contribution in [2.75, 3.05) is 11.8 Å². The summed E-state index contributed by atoms with van der Waals surface area (Å²) in [6.45, 7) is 0. The summed E-state index contributed by atoms with van der Waals surface area (Å²) in [5, 5.41) is 1.99. The third-order valence-electron chi connectivity index (χ3n) is 4.66. The molecule has 3 N–H and O–H groups in total. The minimum Gasteiger partial charge on any atom is -0.453 e. The minimum absolute atomic E-state index is 0.0934. The lowest BCUT2D eigenvalue weighted by Gasteiger charge is -2.15. The van der Waals surface area contributed by atoms with Crippen molar-refractivity contribution in [2.24, 2.45) is 10.7 Å². The van der Waals surface area contributed by atoms with Crippen LogP contribution in [-0.4, -0.2) is 22.7 Å². The molecule has 0 saturated carbocycles. The Hall–Kier alpha value is -3.47. The van der Waals surface area contributed by atoms with E-state index < -0.39 is 5.82 Å². The fourth-order valence-electron chi connectivity index (χ4n) is 3.06. The molecule has 0 fully saturated rings. The molecule has 0 amide bonds. The van der Waals surface area contributed by atoms with Gasteiger partial charge in [0.1, 0.15) is 23.2 Å². The molecule has 0 aliphatic heterocycles. The van der Waals surface area contributed by atoms with Crippen LogP contribution in [0.5, 0.6) is 11.5 Å². The van der Waals surface area contributed by atoms with Crippen molar-refractivity contribution in [3.05, 3.63) is 94.0 Å². The van der Waals surface area contributed by atoms with Crippen LogP contribution in [0.2, 0.25) is 5.02 Å². The lowest BCUT2D eigenvalue weighted by Crippen LogP contribution is -2.04. The van der Waals surface area contributed by atoms with Crippen molar-refractivity contribution in [3.8, 4) is 22.8 Å². The number of aromatic nitrogens is 2. The predicted octanol–water partition coefficient (Wildman–Crippen LogP) is 6.94. The van der Waals surface area contributed by atoms with E-state index in [1.807, 2.05) is 0 Å². The molecule has 2 heterocycles. The van der Waals surface area contributed by atoms with Gasteiger partial charge in [0.2, 0.25) is 0 Å². The maximum Gasteiger partial charge on any atom is 0.155 e. The highest BCUT2D eigenvalue weighted by Gasteiger charge is 2.17. The van der Waals surface area contributed by atoms with E-state index >= 15 is 0 Å². The zero-order valence-corrected chi connectivity index (χ0v) is 20.6. The molecule has 0 bridgehead atoms. The summed E-state index contributed by atoms with van der Waals surface area (Å²) in [5.74, 6) is 0.0579. The maximum absolute atomic E-state index is 14.8. The quantitative estimate of drug-likeness (QED) is 0.190. The topological polar surface area (TPSA) is 85.4 Å². The molecule has 0 atom stereocenters. The highest BCUT2D eigenvalue weighted by Crippen LogP contribution is 2.37. The van der Waals surface area contributed by atoms with E-state index in [9.17, 15) is 8.78 Å². The van der Waals surface area contributed by atoms with Crippen LogP contribution in [0.25, 0.3) is 11.3 Å². The van der Waals surface area contributed by atoms with Crippen molar-refractivity contribution in [2.45, 2.75) is 4.90 Å². The van der Waals surface area contributed by atoms with Gasteiger partial charge in [-0.05, 0) is 48.5 Å². The summed E-state index contributed by atoms with van der Waals surface area (Å²) in [7, 11) is 1.59. The lowest BCUT2D eigenvalue weighted by atomic mass is 10.0. The van der Waals surface area contributed by atoms with E-state index in [4.69, 9.17) is 22.1 Å². The summed E-state index contributed by atoms with van der Waals surface area (Å²) >= 11 is 8.88. The molecule has 2 aromatic heterocycles. The average Bonchev–Trinajstić information content (AvgIpc) is 3.38. The Morgan fingerprint density at radius 2 is 2.06 bits per heavy atom. The van der Waals surface area contributed by atoms with Crippen LogP contribution < -0.4 is 15.2 Å². The first-order chi connectivity index (χ1) is 17.0. The van der Waals surface area contributed by atoms with Gasteiger partial charge in [-0.3, -0.25) is 9.98 Å². The second-order valence-electron chi connectivity index (χ2n) is 6.94. The maximum atomic E-state index is 14.8. The van der Waals surface area contributed by atoms with Gasteiger partial charge in [-0.1, -0.05) is 23.7 Å². The zero-order valence-electron chi connectivity index (χ0n) is 18.2. The van der Waals surface area contributed by atoms with Crippen molar-refractivity contribution >= 4 is 46.4 Å². The highest BCUT2D eigenvalue weighted by atomic mass is 35.5. The van der Waals surface area contributed by atoms with E-state index in [-0.39, 0.29) is 27.2 Å². The van der Waals surface area contributed by atoms with Gasteiger partial charge in [-0.15, -0.1) is 11.3 Å². The summed E-state index contributed by atoms with van der Waals surface area (Å²) < 4.78 is 37.5. The molecule has 4 rings (SSSR count). The molecule has 0 radical (unpaired) electrons. The number of hydrogen-bond acceptors (Lipinski definition) is 8. The van der Waals surface area contributed by atoms with Crippen molar-refractivity contribution < 1.29 is 13.5 Å². The third kappa shape index (κ3) is 5.97. The first-order valence-corrected chi connectivity index (χ1v) is 12.2. The number of nitrogens with two attached hydrogens (primary N) is 1. The summed E-state index contributed by atoms with van der Waals surface area (Å²) in [4.78, 5) is 13.0. The molecule has 35 heavy (non-hydrogen) atoms. The van der Waals surface area contributed by atoms with Gasteiger partial charge in [0, 0.05) is 29.6 Å². The molecule has 178 valence electrons. The van der Waals surface area contributed by atoms with Gasteiger partial charge < -0.3 is 15.2 Å². The van der Waals surface area contributed by atoms with Crippen LogP contribution in [0.3, 0.4) is 0 Å². The smallest absolute Gasteiger partial charge is 0.155 e. The number of nitrogens with zero attached hydrogens (tertiary/aromatic N) is 3. The third-order valence-corrected chi connectivity index (χ3v) is 6.39. The molecule has 6 nitrogen and oxygen atoms in total. The molecule has 0 aliphatic carbocycles. The van der Waals surface area contributed by atoms with Crippen LogP contribution in [-0.2, 0) is 0 Å². The number of hydrogen-bond donors (Lipinski definition) is 2. The Morgan fingerprint density at radius 3 is 2.77 bits per heavy atom. The van der Waals surface area contributed by atoms with Crippen LogP contribution in [0.4, 0.5) is 14.6 Å². The van der Waals surface area contributed by atoms with Gasteiger partial charge in [0.05, 0.1) is 33.0 Å². The fraction of sp³-hybridized carbons (Fsp3) is 0.0417. The zero-order chi connectivity index (χ0) is 24.8. The van der Waals surface area contributed by atoms with E-state index in [0.29, 0.717) is 28.4 Å². The van der Waals surface area contributed by atoms with E-state index in [2.05, 4.69) is 19.7 Å². The number of anilines is 1. The second kappa shape index (κ2) is 11.3. The Labute approximate surface area is 213 Å². The van der Waals surface area contributed by atoms with E-state index in [0.717, 1.165) is 11.9 Å². The Morgan fingerprint density at radius 1 is 1.20 bits per heavy atom. The van der Waals surface area contributed by atoms with Crippen molar-refractivity contribution in [1.29, 1.82) is 0 Å². The number of thiazole rings is 1. The average molecular weight is 530 g/mol. The number of nitrogens with one attached hydrogen (secondary N) is 1. The number of halogens is 3. The normalized spacial score (nSPS) is 11.7.